The highest BCUT2D eigenvalue weighted by atomic mass is 28.4. The first-order valence-corrected chi connectivity index (χ1v) is 11.2. The maximum atomic E-state index is 12.2. The second-order valence-electron chi connectivity index (χ2n) is 8.17. The number of carbonyl (C=O) groups excluding carboxylic acids is 1. The minimum Gasteiger partial charge on any atom is -0.453 e. The van der Waals surface area contributed by atoms with Crippen LogP contribution in [0, 0.1) is 5.92 Å². The van der Waals surface area contributed by atoms with Crippen molar-refractivity contribution in [2.24, 2.45) is 5.92 Å². The molecule has 4 atom stereocenters. The average Bonchev–Trinajstić information content (AvgIpc) is 2.97. The first-order valence-electron chi connectivity index (χ1n) is 8.28. The van der Waals surface area contributed by atoms with Crippen molar-refractivity contribution in [3.8, 4) is 0 Å². The van der Waals surface area contributed by atoms with Crippen LogP contribution in [0.5, 0.6) is 0 Å². The number of nitrogens with zero attached hydrogens (tertiary/aromatic N) is 1. The number of aliphatic hydroxyl groups excluding tert-OH is 1. The van der Waals surface area contributed by atoms with Crippen molar-refractivity contribution < 1.29 is 19.1 Å². The molecule has 2 rings (SSSR count). The fourth-order valence-corrected chi connectivity index (χ4v) is 4.49. The second kappa shape index (κ2) is 6.13. The Balaban J connectivity index is 2.12. The monoisotopic (exact) mass is 329 g/mol. The van der Waals surface area contributed by atoms with Crippen molar-refractivity contribution >= 4 is 14.4 Å². The number of carbonyl (C=O) groups is 1. The maximum Gasteiger partial charge on any atom is 0.410 e. The van der Waals surface area contributed by atoms with E-state index in [4.69, 9.17) is 9.16 Å². The van der Waals surface area contributed by atoms with Gasteiger partial charge in [-0.1, -0.05) is 27.2 Å². The van der Waals surface area contributed by atoms with E-state index in [0.717, 1.165) is 19.3 Å². The van der Waals surface area contributed by atoms with Crippen LogP contribution in [0.25, 0.3) is 0 Å². The topological polar surface area (TPSA) is 59.0 Å². The van der Waals surface area contributed by atoms with Crippen LogP contribution in [0.4, 0.5) is 4.79 Å². The number of aliphatic hydroxyl groups is 1. The fraction of sp³-hybridized carbons (Fsp3) is 0.938. The zero-order chi connectivity index (χ0) is 16.7. The molecule has 1 aliphatic carbocycles. The lowest BCUT2D eigenvalue weighted by Crippen LogP contribution is -2.49. The van der Waals surface area contributed by atoms with Gasteiger partial charge in [0.25, 0.3) is 0 Å². The van der Waals surface area contributed by atoms with Crippen LogP contribution in [-0.2, 0) is 9.16 Å². The zero-order valence-corrected chi connectivity index (χ0v) is 15.8. The van der Waals surface area contributed by atoms with E-state index >= 15 is 0 Å². The molecule has 0 aromatic carbocycles. The molecule has 1 amide bonds. The van der Waals surface area contributed by atoms with Gasteiger partial charge in [-0.15, -0.1) is 0 Å². The summed E-state index contributed by atoms with van der Waals surface area (Å²) in [6, 6.07) is -0.174. The molecule has 128 valence electrons. The van der Waals surface area contributed by atoms with Gasteiger partial charge in [0.2, 0.25) is 0 Å². The quantitative estimate of drug-likeness (QED) is 0.809. The van der Waals surface area contributed by atoms with Crippen LogP contribution in [0.2, 0.25) is 18.1 Å². The zero-order valence-electron chi connectivity index (χ0n) is 14.8. The van der Waals surface area contributed by atoms with E-state index in [2.05, 4.69) is 33.9 Å². The molecular formula is C16H31NO4Si. The van der Waals surface area contributed by atoms with E-state index < -0.39 is 14.4 Å². The van der Waals surface area contributed by atoms with Crippen molar-refractivity contribution in [2.75, 3.05) is 13.7 Å². The van der Waals surface area contributed by atoms with Crippen molar-refractivity contribution in [1.29, 1.82) is 0 Å². The number of hydrogen-bond donors (Lipinski definition) is 1. The van der Waals surface area contributed by atoms with Gasteiger partial charge >= 0.3 is 6.09 Å². The molecule has 6 heteroatoms. The van der Waals surface area contributed by atoms with Gasteiger partial charge in [-0.3, -0.25) is 4.90 Å². The Bertz CT molecular complexity index is 421. The van der Waals surface area contributed by atoms with E-state index in [9.17, 15) is 9.90 Å². The molecule has 1 N–H and O–H groups in total. The van der Waals surface area contributed by atoms with Crippen LogP contribution < -0.4 is 0 Å². The third-order valence-corrected chi connectivity index (χ3v) is 10.4. The molecule has 0 aromatic heterocycles. The summed E-state index contributed by atoms with van der Waals surface area (Å²) < 4.78 is 11.2. The van der Waals surface area contributed by atoms with Crippen LogP contribution in [0.3, 0.4) is 0 Å². The summed E-state index contributed by atoms with van der Waals surface area (Å²) in [7, 11) is -0.497. The van der Waals surface area contributed by atoms with Crippen molar-refractivity contribution in [2.45, 2.75) is 76.4 Å². The number of rotatable bonds is 3. The van der Waals surface area contributed by atoms with Crippen molar-refractivity contribution in [1.82, 2.24) is 4.90 Å². The third kappa shape index (κ3) is 3.05. The first-order chi connectivity index (χ1) is 10.1. The Morgan fingerprint density at radius 1 is 1.32 bits per heavy atom. The lowest BCUT2D eigenvalue weighted by atomic mass is 9.99. The molecular weight excluding hydrogens is 298 g/mol. The van der Waals surface area contributed by atoms with Gasteiger partial charge in [-0.25, -0.2) is 4.79 Å². The molecule has 0 unspecified atom stereocenters. The van der Waals surface area contributed by atoms with Gasteiger partial charge < -0.3 is 14.3 Å². The number of hydrogen-bond acceptors (Lipinski definition) is 4. The number of methoxy groups -OCH3 is 1. The predicted molar refractivity (Wildman–Crippen MR) is 88.3 cm³/mol. The van der Waals surface area contributed by atoms with Crippen LogP contribution >= 0.6 is 0 Å². The van der Waals surface area contributed by atoms with Crippen LogP contribution in [0.15, 0.2) is 0 Å². The van der Waals surface area contributed by atoms with Crippen molar-refractivity contribution in [3.63, 3.8) is 0 Å². The van der Waals surface area contributed by atoms with Gasteiger partial charge in [-0.05, 0) is 31.0 Å². The minimum atomic E-state index is -1.90. The molecule has 22 heavy (non-hydrogen) atoms. The normalized spacial score (nSPS) is 32.2. The number of likely N-dealkylation sites (tertiary alicyclic amines) is 1. The molecule has 5 nitrogen and oxygen atoms in total. The van der Waals surface area contributed by atoms with E-state index in [-0.39, 0.29) is 29.1 Å². The number of ether oxygens (including phenoxy) is 1. The Morgan fingerprint density at radius 3 is 2.50 bits per heavy atom. The number of amides is 1. The summed E-state index contributed by atoms with van der Waals surface area (Å²) in [5.74, 6) is 0.173. The molecule has 2 aliphatic rings. The third-order valence-electron chi connectivity index (χ3n) is 5.89. The second-order valence-corrected chi connectivity index (χ2v) is 13.0. The molecule has 1 saturated carbocycles. The lowest BCUT2D eigenvalue weighted by molar-refractivity contribution is 0.0477. The van der Waals surface area contributed by atoms with Gasteiger partial charge in [-0.2, -0.15) is 0 Å². The van der Waals surface area contributed by atoms with E-state index in [0.29, 0.717) is 6.61 Å². The average molecular weight is 330 g/mol. The highest BCUT2D eigenvalue weighted by molar-refractivity contribution is 6.74. The van der Waals surface area contributed by atoms with E-state index in [1.165, 1.54) is 7.11 Å². The molecule has 1 aliphatic heterocycles. The standard InChI is InChI=1S/C16H31NO4Si/c1-16(2,3)22(5,6)21-10-13-14(18)11-8-7-9-12(11)17(13)15(19)20-4/h11-14,18H,7-10H2,1-6H3/t11-,12+,13-,14+/m0/s1. The molecule has 0 bridgehead atoms. The summed E-state index contributed by atoms with van der Waals surface area (Å²) >= 11 is 0. The Hall–Kier alpha value is -0.593. The summed E-state index contributed by atoms with van der Waals surface area (Å²) in [6.45, 7) is 11.4. The number of fused-ring (bicyclic) bond motifs is 1. The Kier molecular flexibility index (Phi) is 4.95. The molecule has 1 heterocycles. The van der Waals surface area contributed by atoms with Gasteiger partial charge in [0.1, 0.15) is 0 Å². The smallest absolute Gasteiger partial charge is 0.410 e. The van der Waals surface area contributed by atoms with Gasteiger partial charge in [0, 0.05) is 12.0 Å². The summed E-state index contributed by atoms with van der Waals surface area (Å²) in [5.41, 5.74) is 0. The fourth-order valence-electron chi connectivity index (χ4n) is 3.47. The van der Waals surface area contributed by atoms with Crippen LogP contribution in [-0.4, -0.2) is 56.3 Å². The van der Waals surface area contributed by atoms with E-state index in [1.807, 2.05) is 0 Å². The summed E-state index contributed by atoms with van der Waals surface area (Å²) in [5, 5.41) is 10.8. The lowest BCUT2D eigenvalue weighted by Gasteiger charge is -2.38. The summed E-state index contributed by atoms with van der Waals surface area (Å²) in [4.78, 5) is 13.9. The van der Waals surface area contributed by atoms with E-state index in [1.54, 1.807) is 4.90 Å². The minimum absolute atomic E-state index is 0.107. The van der Waals surface area contributed by atoms with Gasteiger partial charge in [0.15, 0.2) is 8.32 Å². The van der Waals surface area contributed by atoms with Gasteiger partial charge in [0.05, 0.1) is 25.9 Å². The Morgan fingerprint density at radius 2 is 1.95 bits per heavy atom. The molecule has 0 radical (unpaired) electrons. The molecule has 0 aromatic rings. The molecule has 1 saturated heterocycles. The SMILES string of the molecule is COC(=O)N1[C@@H]2CCC[C@@H]2[C@@H](O)[C@@H]1CO[Si](C)(C)C(C)(C)C. The highest BCUT2D eigenvalue weighted by Gasteiger charge is 2.53. The van der Waals surface area contributed by atoms with Crippen molar-refractivity contribution in [3.05, 3.63) is 0 Å². The first kappa shape index (κ1) is 17.8. The highest BCUT2D eigenvalue weighted by Crippen LogP contribution is 2.43. The Labute approximate surface area is 135 Å². The molecule has 2 fully saturated rings. The summed E-state index contributed by atoms with van der Waals surface area (Å²) in [6.07, 6.45) is 2.16. The molecule has 0 spiro atoms. The predicted octanol–water partition coefficient (Wildman–Crippen LogP) is 2.99. The van der Waals surface area contributed by atoms with Crippen LogP contribution in [0.1, 0.15) is 40.0 Å². The maximum absolute atomic E-state index is 12.2. The largest absolute Gasteiger partial charge is 0.453 e.